The van der Waals surface area contributed by atoms with E-state index in [-0.39, 0.29) is 12.6 Å². The molecule has 0 saturated heterocycles. The Morgan fingerprint density at radius 2 is 1.80 bits per heavy atom. The average Bonchev–Trinajstić information content (AvgIpc) is 2.20. The van der Waals surface area contributed by atoms with Gasteiger partial charge in [0.15, 0.2) is 0 Å². The number of rotatable bonds is 9. The van der Waals surface area contributed by atoms with Gasteiger partial charge in [0.2, 0.25) is 0 Å². The Labute approximate surface area is 92.8 Å². The highest BCUT2D eigenvalue weighted by Crippen LogP contribution is 2.07. The van der Waals surface area contributed by atoms with Crippen LogP contribution >= 0.6 is 0 Å². The minimum absolute atomic E-state index is 0.120. The molecule has 1 N–H and O–H groups in total. The van der Waals surface area contributed by atoms with Crippen molar-refractivity contribution in [2.45, 2.75) is 64.9 Å². The first-order valence-corrected chi connectivity index (χ1v) is 6.00. The number of hydrogen-bond acceptors (Lipinski definition) is 3. The van der Waals surface area contributed by atoms with Crippen LogP contribution in [0.5, 0.6) is 0 Å². The fourth-order valence-corrected chi connectivity index (χ4v) is 1.34. The van der Waals surface area contributed by atoms with Crippen molar-refractivity contribution in [2.75, 3.05) is 6.61 Å². The van der Waals surface area contributed by atoms with Gasteiger partial charge in [-0.3, -0.25) is 4.79 Å². The molecule has 3 heteroatoms. The summed E-state index contributed by atoms with van der Waals surface area (Å²) in [5, 5.41) is 8.89. The predicted molar refractivity (Wildman–Crippen MR) is 60.6 cm³/mol. The zero-order chi connectivity index (χ0) is 11.5. The summed E-state index contributed by atoms with van der Waals surface area (Å²) in [4.78, 5) is 11.1. The fraction of sp³-hybridized carbons (Fsp3) is 0.917. The molecule has 0 bridgehead atoms. The van der Waals surface area contributed by atoms with E-state index in [2.05, 4.69) is 6.92 Å². The van der Waals surface area contributed by atoms with Crippen LogP contribution in [0.25, 0.3) is 0 Å². The molecule has 0 aliphatic rings. The highest BCUT2D eigenvalue weighted by molar-refractivity contribution is 5.69. The highest BCUT2D eigenvalue weighted by atomic mass is 16.5. The number of carbonyl (C=O) groups excluding carboxylic acids is 1. The lowest BCUT2D eigenvalue weighted by Crippen LogP contribution is -2.14. The van der Waals surface area contributed by atoms with Gasteiger partial charge in [-0.25, -0.2) is 0 Å². The molecule has 0 fully saturated rings. The van der Waals surface area contributed by atoms with Crippen molar-refractivity contribution in [3.8, 4) is 0 Å². The zero-order valence-corrected chi connectivity index (χ0v) is 10.00. The number of esters is 1. The molecule has 0 radical (unpaired) electrons. The van der Waals surface area contributed by atoms with Crippen molar-refractivity contribution in [1.29, 1.82) is 0 Å². The second kappa shape index (κ2) is 9.97. The minimum Gasteiger partial charge on any atom is -0.463 e. The van der Waals surface area contributed by atoms with Gasteiger partial charge in [0.1, 0.15) is 6.61 Å². The second-order valence-electron chi connectivity index (χ2n) is 4.05. The van der Waals surface area contributed by atoms with Gasteiger partial charge in [-0.05, 0) is 13.3 Å². The maximum atomic E-state index is 11.1. The van der Waals surface area contributed by atoms with Crippen molar-refractivity contribution in [2.24, 2.45) is 0 Å². The number of carbonyl (C=O) groups is 1. The van der Waals surface area contributed by atoms with Gasteiger partial charge >= 0.3 is 5.97 Å². The minimum atomic E-state index is -0.557. The molecular formula is C12H24O3. The number of aliphatic hydroxyl groups excluding tert-OH is 1. The van der Waals surface area contributed by atoms with Crippen LogP contribution in [0, 0.1) is 0 Å². The molecule has 0 heterocycles. The van der Waals surface area contributed by atoms with E-state index in [0.29, 0.717) is 6.42 Å². The predicted octanol–water partition coefficient (Wildman–Crippen LogP) is 2.66. The average molecular weight is 216 g/mol. The van der Waals surface area contributed by atoms with E-state index in [4.69, 9.17) is 9.84 Å². The van der Waals surface area contributed by atoms with Crippen LogP contribution in [0.2, 0.25) is 0 Å². The standard InChI is InChI=1S/C12H24O3/c1-3-4-5-6-7-8-9-12(14)15-10-11(2)13/h11,13H,3-10H2,1-2H3/t11-/m1/s1. The Morgan fingerprint density at radius 3 is 2.40 bits per heavy atom. The quantitative estimate of drug-likeness (QED) is 0.476. The molecule has 0 rings (SSSR count). The maximum Gasteiger partial charge on any atom is 0.305 e. The van der Waals surface area contributed by atoms with E-state index < -0.39 is 6.10 Å². The second-order valence-corrected chi connectivity index (χ2v) is 4.05. The molecule has 0 spiro atoms. The van der Waals surface area contributed by atoms with E-state index >= 15 is 0 Å². The van der Waals surface area contributed by atoms with Crippen LogP contribution in [0.3, 0.4) is 0 Å². The third-order valence-corrected chi connectivity index (χ3v) is 2.22. The van der Waals surface area contributed by atoms with Crippen LogP contribution in [-0.2, 0) is 9.53 Å². The summed E-state index contributed by atoms with van der Waals surface area (Å²) in [5.74, 6) is -0.189. The van der Waals surface area contributed by atoms with Crippen molar-refractivity contribution in [3.05, 3.63) is 0 Å². The molecule has 0 aromatic carbocycles. The Bertz CT molecular complexity index is 155. The number of unbranched alkanes of at least 4 members (excludes halogenated alkanes) is 5. The number of aliphatic hydroxyl groups is 1. The van der Waals surface area contributed by atoms with Crippen LogP contribution < -0.4 is 0 Å². The Balaban J connectivity index is 3.17. The van der Waals surface area contributed by atoms with E-state index in [1.807, 2.05) is 0 Å². The molecule has 0 aliphatic carbocycles. The largest absolute Gasteiger partial charge is 0.463 e. The molecule has 0 amide bonds. The Morgan fingerprint density at radius 1 is 1.20 bits per heavy atom. The van der Waals surface area contributed by atoms with Gasteiger partial charge in [0, 0.05) is 6.42 Å². The van der Waals surface area contributed by atoms with Gasteiger partial charge in [-0.1, -0.05) is 39.0 Å². The highest BCUT2D eigenvalue weighted by Gasteiger charge is 2.04. The van der Waals surface area contributed by atoms with Gasteiger partial charge < -0.3 is 9.84 Å². The summed E-state index contributed by atoms with van der Waals surface area (Å²) in [6, 6.07) is 0. The first-order valence-electron chi connectivity index (χ1n) is 6.00. The van der Waals surface area contributed by atoms with Gasteiger partial charge in [-0.2, -0.15) is 0 Å². The monoisotopic (exact) mass is 216 g/mol. The van der Waals surface area contributed by atoms with Crippen molar-refractivity contribution in [1.82, 2.24) is 0 Å². The third kappa shape index (κ3) is 11.4. The molecule has 0 saturated carbocycles. The first kappa shape index (κ1) is 14.4. The summed E-state index contributed by atoms with van der Waals surface area (Å²) >= 11 is 0. The summed E-state index contributed by atoms with van der Waals surface area (Å²) in [5.41, 5.74) is 0. The van der Waals surface area contributed by atoms with Crippen LogP contribution in [0.1, 0.15) is 58.8 Å². The molecular weight excluding hydrogens is 192 g/mol. The maximum absolute atomic E-state index is 11.1. The SMILES string of the molecule is CCCCCCCCC(=O)OC[C@@H](C)O. The summed E-state index contributed by atoms with van der Waals surface area (Å²) in [6.07, 6.45) is 6.93. The van der Waals surface area contributed by atoms with E-state index in [0.717, 1.165) is 12.8 Å². The summed E-state index contributed by atoms with van der Waals surface area (Å²) in [7, 11) is 0. The molecule has 0 aliphatic heterocycles. The van der Waals surface area contributed by atoms with E-state index in [1.54, 1.807) is 6.92 Å². The topological polar surface area (TPSA) is 46.5 Å². The summed E-state index contributed by atoms with van der Waals surface area (Å²) < 4.78 is 4.84. The van der Waals surface area contributed by atoms with Gasteiger partial charge in [-0.15, -0.1) is 0 Å². The van der Waals surface area contributed by atoms with Crippen LogP contribution in [0.15, 0.2) is 0 Å². The van der Waals surface area contributed by atoms with E-state index in [9.17, 15) is 4.79 Å². The van der Waals surface area contributed by atoms with Crippen molar-refractivity contribution >= 4 is 5.97 Å². The molecule has 3 nitrogen and oxygen atoms in total. The third-order valence-electron chi connectivity index (χ3n) is 2.22. The molecule has 90 valence electrons. The Hall–Kier alpha value is -0.570. The van der Waals surface area contributed by atoms with E-state index in [1.165, 1.54) is 25.7 Å². The first-order chi connectivity index (χ1) is 7.16. The Kier molecular flexibility index (Phi) is 9.59. The smallest absolute Gasteiger partial charge is 0.305 e. The lowest BCUT2D eigenvalue weighted by atomic mass is 10.1. The van der Waals surface area contributed by atoms with Gasteiger partial charge in [0.25, 0.3) is 0 Å². The van der Waals surface area contributed by atoms with Crippen molar-refractivity contribution in [3.63, 3.8) is 0 Å². The molecule has 1 atom stereocenters. The fourth-order valence-electron chi connectivity index (χ4n) is 1.34. The molecule has 15 heavy (non-hydrogen) atoms. The number of hydrogen-bond donors (Lipinski definition) is 1. The lowest BCUT2D eigenvalue weighted by Gasteiger charge is -2.06. The van der Waals surface area contributed by atoms with Crippen molar-refractivity contribution < 1.29 is 14.6 Å². The summed E-state index contributed by atoms with van der Waals surface area (Å²) in [6.45, 7) is 3.92. The zero-order valence-electron chi connectivity index (χ0n) is 10.00. The normalized spacial score (nSPS) is 12.5. The van der Waals surface area contributed by atoms with Crippen LogP contribution in [0.4, 0.5) is 0 Å². The number of ether oxygens (including phenoxy) is 1. The van der Waals surface area contributed by atoms with Gasteiger partial charge in [0.05, 0.1) is 6.10 Å². The van der Waals surface area contributed by atoms with Crippen LogP contribution in [-0.4, -0.2) is 23.8 Å². The lowest BCUT2D eigenvalue weighted by molar-refractivity contribution is -0.146. The molecule has 0 aromatic rings. The molecule has 0 unspecified atom stereocenters. The molecule has 0 aromatic heterocycles.